The second-order valence-electron chi connectivity index (χ2n) is 5.66. The van der Waals surface area contributed by atoms with Crippen molar-refractivity contribution >= 4 is 5.91 Å². The van der Waals surface area contributed by atoms with Gasteiger partial charge in [0.15, 0.2) is 0 Å². The quantitative estimate of drug-likeness (QED) is 0.755. The molecule has 0 bridgehead atoms. The second-order valence-corrected chi connectivity index (χ2v) is 5.66. The van der Waals surface area contributed by atoms with Crippen molar-refractivity contribution in [3.05, 3.63) is 0 Å². The van der Waals surface area contributed by atoms with E-state index < -0.39 is 0 Å². The summed E-state index contributed by atoms with van der Waals surface area (Å²) in [5, 5.41) is 0. The van der Waals surface area contributed by atoms with E-state index in [0.29, 0.717) is 0 Å². The summed E-state index contributed by atoms with van der Waals surface area (Å²) in [5.41, 5.74) is 5.23. The maximum Gasteiger partial charge on any atom is 0.223 e. The number of nitrogens with zero attached hydrogens (tertiary/aromatic N) is 1. The van der Waals surface area contributed by atoms with Crippen molar-refractivity contribution in [3.63, 3.8) is 0 Å². The largest absolute Gasteiger partial charge is 0.369 e. The van der Waals surface area contributed by atoms with Gasteiger partial charge in [-0.25, -0.2) is 0 Å². The predicted molar refractivity (Wildman–Crippen MR) is 60.2 cm³/mol. The van der Waals surface area contributed by atoms with Gasteiger partial charge in [-0.05, 0) is 30.6 Å². The van der Waals surface area contributed by atoms with E-state index in [2.05, 4.69) is 18.7 Å². The molecule has 15 heavy (non-hydrogen) atoms. The maximum absolute atomic E-state index is 10.8. The lowest BCUT2D eigenvalue weighted by atomic mass is 9.69. The van der Waals surface area contributed by atoms with Crippen LogP contribution in [0.3, 0.4) is 0 Å². The Bertz CT molecular complexity index is 240. The Morgan fingerprint density at radius 2 is 2.00 bits per heavy atom. The molecule has 1 amide bonds. The molecule has 1 aliphatic carbocycles. The number of nitrogens with two attached hydrogens (primary N) is 1. The van der Waals surface area contributed by atoms with E-state index in [1.807, 2.05) is 0 Å². The number of amides is 1. The van der Waals surface area contributed by atoms with E-state index in [9.17, 15) is 4.79 Å². The third-order valence-electron chi connectivity index (χ3n) is 4.09. The average Bonchev–Trinajstić information content (AvgIpc) is 1.95. The minimum atomic E-state index is -0.125. The molecule has 86 valence electrons. The zero-order valence-electron chi connectivity index (χ0n) is 9.78. The van der Waals surface area contributed by atoms with Gasteiger partial charge in [-0.3, -0.25) is 4.79 Å². The topological polar surface area (TPSA) is 46.3 Å². The fraction of sp³-hybridized carbons (Fsp3) is 0.917. The van der Waals surface area contributed by atoms with Crippen molar-refractivity contribution in [2.45, 2.75) is 26.7 Å². The van der Waals surface area contributed by atoms with Gasteiger partial charge in [0, 0.05) is 19.6 Å². The first kappa shape index (κ1) is 10.9. The van der Waals surface area contributed by atoms with Crippen LogP contribution in [0.15, 0.2) is 0 Å². The van der Waals surface area contributed by atoms with Gasteiger partial charge in [-0.1, -0.05) is 13.8 Å². The molecular weight excluding hydrogens is 188 g/mol. The van der Waals surface area contributed by atoms with Crippen LogP contribution in [-0.4, -0.2) is 30.4 Å². The molecule has 1 aliphatic heterocycles. The van der Waals surface area contributed by atoms with Crippen molar-refractivity contribution in [2.24, 2.45) is 29.4 Å². The molecular formula is C12H22N2O. The summed E-state index contributed by atoms with van der Waals surface area (Å²) in [5.74, 6) is 2.68. The Kier molecular flexibility index (Phi) is 3.01. The van der Waals surface area contributed by atoms with Gasteiger partial charge in [0.1, 0.15) is 0 Å². The highest BCUT2D eigenvalue weighted by atomic mass is 16.1. The summed E-state index contributed by atoms with van der Waals surface area (Å²) in [4.78, 5) is 13.2. The van der Waals surface area contributed by atoms with E-state index >= 15 is 0 Å². The molecule has 1 saturated carbocycles. The summed E-state index contributed by atoms with van der Waals surface area (Å²) in [6, 6.07) is 0. The normalized spacial score (nSPS) is 32.5. The highest BCUT2D eigenvalue weighted by molar-refractivity contribution is 5.78. The standard InChI is InChI=1S/C12H22N2O/c1-8(2)10-3-9(4-10)5-14-6-11(7-14)12(13)15/h8-11H,3-7H2,1-2H3,(H2,13,15). The summed E-state index contributed by atoms with van der Waals surface area (Å²) in [6.45, 7) is 7.62. The van der Waals surface area contributed by atoms with Crippen LogP contribution in [-0.2, 0) is 4.79 Å². The fourth-order valence-electron chi connectivity index (χ4n) is 2.74. The Labute approximate surface area is 92.0 Å². The summed E-state index contributed by atoms with van der Waals surface area (Å²) >= 11 is 0. The van der Waals surface area contributed by atoms with Crippen LogP contribution in [0.5, 0.6) is 0 Å². The van der Waals surface area contributed by atoms with Crippen molar-refractivity contribution in [1.82, 2.24) is 4.90 Å². The molecule has 3 heteroatoms. The van der Waals surface area contributed by atoms with Gasteiger partial charge in [0.2, 0.25) is 5.91 Å². The predicted octanol–water partition coefficient (Wildman–Crippen LogP) is 1.09. The monoisotopic (exact) mass is 210 g/mol. The zero-order valence-corrected chi connectivity index (χ0v) is 9.78. The van der Waals surface area contributed by atoms with Crippen LogP contribution in [0.4, 0.5) is 0 Å². The average molecular weight is 210 g/mol. The smallest absolute Gasteiger partial charge is 0.223 e. The van der Waals surface area contributed by atoms with E-state index in [1.165, 1.54) is 19.4 Å². The molecule has 0 radical (unpaired) electrons. The molecule has 2 fully saturated rings. The van der Waals surface area contributed by atoms with E-state index in [1.54, 1.807) is 0 Å². The molecule has 0 atom stereocenters. The minimum absolute atomic E-state index is 0.125. The highest BCUT2D eigenvalue weighted by Gasteiger charge is 2.37. The number of hydrogen-bond acceptors (Lipinski definition) is 2. The van der Waals surface area contributed by atoms with Gasteiger partial charge in [0.25, 0.3) is 0 Å². The van der Waals surface area contributed by atoms with Crippen molar-refractivity contribution in [1.29, 1.82) is 0 Å². The van der Waals surface area contributed by atoms with Gasteiger partial charge in [-0.15, -0.1) is 0 Å². The van der Waals surface area contributed by atoms with Crippen LogP contribution < -0.4 is 5.73 Å². The number of carbonyl (C=O) groups is 1. The summed E-state index contributed by atoms with van der Waals surface area (Å²) in [7, 11) is 0. The Morgan fingerprint density at radius 3 is 2.47 bits per heavy atom. The zero-order chi connectivity index (χ0) is 11.0. The molecule has 2 rings (SSSR count). The Balaban J connectivity index is 1.60. The Morgan fingerprint density at radius 1 is 1.40 bits per heavy atom. The van der Waals surface area contributed by atoms with Crippen LogP contribution in [0.25, 0.3) is 0 Å². The summed E-state index contributed by atoms with van der Waals surface area (Å²) < 4.78 is 0. The lowest BCUT2D eigenvalue weighted by Gasteiger charge is -2.45. The van der Waals surface area contributed by atoms with Gasteiger partial charge in [0.05, 0.1) is 5.92 Å². The lowest BCUT2D eigenvalue weighted by molar-refractivity contribution is -0.127. The molecule has 2 N–H and O–H groups in total. The first-order valence-corrected chi connectivity index (χ1v) is 6.08. The molecule has 2 aliphatic rings. The number of likely N-dealkylation sites (tertiary alicyclic amines) is 1. The number of carbonyl (C=O) groups excluding carboxylic acids is 1. The molecule has 0 aromatic heterocycles. The minimum Gasteiger partial charge on any atom is -0.369 e. The number of rotatable bonds is 4. The third kappa shape index (κ3) is 2.33. The number of primary amides is 1. The first-order valence-electron chi connectivity index (χ1n) is 6.08. The van der Waals surface area contributed by atoms with Crippen molar-refractivity contribution in [2.75, 3.05) is 19.6 Å². The van der Waals surface area contributed by atoms with Crippen molar-refractivity contribution < 1.29 is 4.79 Å². The van der Waals surface area contributed by atoms with Gasteiger partial charge >= 0.3 is 0 Å². The molecule has 0 aromatic rings. The third-order valence-corrected chi connectivity index (χ3v) is 4.09. The molecule has 3 nitrogen and oxygen atoms in total. The van der Waals surface area contributed by atoms with E-state index in [0.717, 1.165) is 30.8 Å². The molecule has 1 saturated heterocycles. The van der Waals surface area contributed by atoms with E-state index in [4.69, 9.17) is 5.73 Å². The van der Waals surface area contributed by atoms with E-state index in [-0.39, 0.29) is 11.8 Å². The number of hydrogen-bond donors (Lipinski definition) is 1. The van der Waals surface area contributed by atoms with Crippen LogP contribution >= 0.6 is 0 Å². The maximum atomic E-state index is 10.8. The molecule has 1 heterocycles. The van der Waals surface area contributed by atoms with Gasteiger partial charge in [-0.2, -0.15) is 0 Å². The van der Waals surface area contributed by atoms with Crippen molar-refractivity contribution in [3.8, 4) is 0 Å². The lowest BCUT2D eigenvalue weighted by Crippen LogP contribution is -2.54. The SMILES string of the molecule is CC(C)C1CC(CN2CC(C(N)=O)C2)C1. The van der Waals surface area contributed by atoms with Crippen LogP contribution in [0, 0.1) is 23.7 Å². The highest BCUT2D eigenvalue weighted by Crippen LogP contribution is 2.39. The summed E-state index contributed by atoms with van der Waals surface area (Å²) in [6.07, 6.45) is 2.77. The van der Waals surface area contributed by atoms with Crippen LogP contribution in [0.2, 0.25) is 0 Å². The molecule has 0 unspecified atom stereocenters. The fourth-order valence-corrected chi connectivity index (χ4v) is 2.74. The van der Waals surface area contributed by atoms with Gasteiger partial charge < -0.3 is 10.6 Å². The Hall–Kier alpha value is -0.570. The molecule has 0 spiro atoms. The second kappa shape index (κ2) is 4.12. The molecule has 0 aromatic carbocycles. The van der Waals surface area contributed by atoms with Crippen LogP contribution in [0.1, 0.15) is 26.7 Å². The first-order chi connectivity index (χ1) is 7.06.